The third-order valence-corrected chi connectivity index (χ3v) is 3.27. The molecule has 1 fully saturated rings. The van der Waals surface area contributed by atoms with E-state index in [0.29, 0.717) is 12.1 Å². The van der Waals surface area contributed by atoms with Crippen molar-refractivity contribution in [1.29, 1.82) is 0 Å². The largest absolute Gasteiger partial charge is 0.393 e. The Morgan fingerprint density at radius 1 is 1.50 bits per heavy atom. The zero-order chi connectivity index (χ0) is 9.26. The Balaban J connectivity index is 0.000000980. The molecule has 80 valence electrons. The van der Waals surface area contributed by atoms with E-state index >= 15 is 0 Å². The molecule has 0 aromatic carbocycles. The van der Waals surface area contributed by atoms with E-state index in [1.165, 1.54) is 5.56 Å². The minimum absolute atomic E-state index is 0. The average molecular weight is 234 g/mol. The lowest BCUT2D eigenvalue weighted by atomic mass is 9.93. The van der Waals surface area contributed by atoms with Gasteiger partial charge in [0, 0.05) is 12.1 Å². The van der Waals surface area contributed by atoms with Gasteiger partial charge in [0.25, 0.3) is 0 Å². The summed E-state index contributed by atoms with van der Waals surface area (Å²) in [5.74, 6) is 0. The lowest BCUT2D eigenvalue weighted by Crippen LogP contribution is -2.40. The van der Waals surface area contributed by atoms with E-state index in [-0.39, 0.29) is 18.5 Å². The molecule has 2 rings (SSSR count). The van der Waals surface area contributed by atoms with Crippen molar-refractivity contribution < 1.29 is 5.11 Å². The van der Waals surface area contributed by atoms with Crippen molar-refractivity contribution in [1.82, 2.24) is 5.32 Å². The lowest BCUT2D eigenvalue weighted by Gasteiger charge is -2.31. The van der Waals surface area contributed by atoms with Gasteiger partial charge in [-0.25, -0.2) is 0 Å². The van der Waals surface area contributed by atoms with Crippen LogP contribution in [-0.2, 0) is 0 Å². The predicted molar refractivity (Wildman–Crippen MR) is 62.1 cm³/mol. The van der Waals surface area contributed by atoms with E-state index in [2.05, 4.69) is 29.1 Å². The van der Waals surface area contributed by atoms with E-state index in [1.54, 1.807) is 11.3 Å². The first-order valence-electron chi connectivity index (χ1n) is 4.72. The molecule has 1 saturated heterocycles. The fraction of sp³-hybridized carbons (Fsp3) is 0.600. The number of aliphatic hydroxyl groups excluding tert-OH is 1. The smallest absolute Gasteiger partial charge is 0.0573 e. The summed E-state index contributed by atoms with van der Waals surface area (Å²) in [4.78, 5) is 0. The summed E-state index contributed by atoms with van der Waals surface area (Å²) < 4.78 is 0. The van der Waals surface area contributed by atoms with Crippen molar-refractivity contribution in [2.45, 2.75) is 38.0 Å². The van der Waals surface area contributed by atoms with Gasteiger partial charge in [-0.05, 0) is 42.2 Å². The summed E-state index contributed by atoms with van der Waals surface area (Å²) in [6.45, 7) is 2.13. The molecule has 1 aliphatic rings. The summed E-state index contributed by atoms with van der Waals surface area (Å²) in [6, 6.07) is 2.91. The van der Waals surface area contributed by atoms with Crippen LogP contribution in [0.5, 0.6) is 0 Å². The standard InChI is InChI=1S/C10H15NOS.ClH/c1-7-4-9(12)5-10(11-7)8-2-3-13-6-8;/h2-3,6-7,9-12H,4-5H2,1H3;1H. The van der Waals surface area contributed by atoms with Crippen molar-refractivity contribution in [2.75, 3.05) is 0 Å². The molecule has 0 spiro atoms. The average Bonchev–Trinajstić information content (AvgIpc) is 2.53. The van der Waals surface area contributed by atoms with Crippen LogP contribution in [0.1, 0.15) is 31.4 Å². The summed E-state index contributed by atoms with van der Waals surface area (Å²) in [5.41, 5.74) is 1.32. The maximum atomic E-state index is 9.61. The number of piperidine rings is 1. The van der Waals surface area contributed by atoms with Crippen LogP contribution >= 0.6 is 23.7 Å². The second kappa shape index (κ2) is 5.12. The van der Waals surface area contributed by atoms with Crippen LogP contribution in [0.2, 0.25) is 0 Å². The lowest BCUT2D eigenvalue weighted by molar-refractivity contribution is 0.0976. The van der Waals surface area contributed by atoms with Gasteiger partial charge in [-0.1, -0.05) is 0 Å². The second-order valence-corrected chi connectivity index (χ2v) is 4.58. The molecule has 0 aliphatic carbocycles. The number of nitrogens with one attached hydrogen (secondary N) is 1. The number of halogens is 1. The van der Waals surface area contributed by atoms with E-state index in [4.69, 9.17) is 0 Å². The molecular formula is C10H16ClNOS. The quantitative estimate of drug-likeness (QED) is 0.781. The molecule has 1 aromatic heterocycles. The molecule has 2 heterocycles. The van der Waals surface area contributed by atoms with Gasteiger partial charge in [0.15, 0.2) is 0 Å². The van der Waals surface area contributed by atoms with E-state index in [0.717, 1.165) is 12.8 Å². The summed E-state index contributed by atoms with van der Waals surface area (Å²) in [6.07, 6.45) is 1.59. The zero-order valence-corrected chi connectivity index (χ0v) is 9.78. The zero-order valence-electron chi connectivity index (χ0n) is 8.14. The molecular weight excluding hydrogens is 218 g/mol. The van der Waals surface area contributed by atoms with Crippen molar-refractivity contribution in [3.63, 3.8) is 0 Å². The van der Waals surface area contributed by atoms with E-state index < -0.39 is 0 Å². The molecule has 3 unspecified atom stereocenters. The molecule has 2 N–H and O–H groups in total. The Bertz CT molecular complexity index is 255. The van der Waals surface area contributed by atoms with Crippen LogP contribution in [0.15, 0.2) is 16.8 Å². The Morgan fingerprint density at radius 2 is 2.29 bits per heavy atom. The molecule has 2 nitrogen and oxygen atoms in total. The molecule has 4 heteroatoms. The second-order valence-electron chi connectivity index (χ2n) is 3.80. The summed E-state index contributed by atoms with van der Waals surface area (Å²) in [5, 5.41) is 17.3. The highest BCUT2D eigenvalue weighted by Gasteiger charge is 2.25. The predicted octanol–water partition coefficient (Wildman–Crippen LogP) is 2.34. The van der Waals surface area contributed by atoms with Gasteiger partial charge in [0.1, 0.15) is 0 Å². The maximum absolute atomic E-state index is 9.61. The Hall–Kier alpha value is -0.0900. The fourth-order valence-corrected chi connectivity index (χ4v) is 2.68. The topological polar surface area (TPSA) is 32.3 Å². The van der Waals surface area contributed by atoms with E-state index in [1.807, 2.05) is 0 Å². The number of aliphatic hydroxyl groups is 1. The number of hydrogen-bond acceptors (Lipinski definition) is 3. The third kappa shape index (κ3) is 2.70. The van der Waals surface area contributed by atoms with Crippen molar-refractivity contribution in [3.05, 3.63) is 22.4 Å². The third-order valence-electron chi connectivity index (χ3n) is 2.56. The molecule has 1 aliphatic heterocycles. The summed E-state index contributed by atoms with van der Waals surface area (Å²) >= 11 is 1.71. The van der Waals surface area contributed by atoms with Crippen LogP contribution in [0.25, 0.3) is 0 Å². The van der Waals surface area contributed by atoms with Crippen molar-refractivity contribution in [2.24, 2.45) is 0 Å². The van der Waals surface area contributed by atoms with Gasteiger partial charge in [-0.15, -0.1) is 12.4 Å². The van der Waals surface area contributed by atoms with Gasteiger partial charge in [-0.2, -0.15) is 11.3 Å². The van der Waals surface area contributed by atoms with Gasteiger partial charge >= 0.3 is 0 Å². The maximum Gasteiger partial charge on any atom is 0.0573 e. The molecule has 3 atom stereocenters. The van der Waals surface area contributed by atoms with Crippen molar-refractivity contribution >= 4 is 23.7 Å². The fourth-order valence-electron chi connectivity index (χ4n) is 1.96. The number of rotatable bonds is 1. The molecule has 0 amide bonds. The van der Waals surface area contributed by atoms with Crippen LogP contribution in [0.3, 0.4) is 0 Å². The Kier molecular flexibility index (Phi) is 4.38. The van der Waals surface area contributed by atoms with Crippen LogP contribution < -0.4 is 5.32 Å². The van der Waals surface area contributed by atoms with Crippen LogP contribution in [-0.4, -0.2) is 17.3 Å². The molecule has 1 aromatic rings. The monoisotopic (exact) mass is 233 g/mol. The highest BCUT2D eigenvalue weighted by atomic mass is 35.5. The first-order chi connectivity index (χ1) is 6.25. The molecule has 0 bridgehead atoms. The highest BCUT2D eigenvalue weighted by molar-refractivity contribution is 7.07. The minimum atomic E-state index is -0.138. The first kappa shape index (κ1) is 12.0. The molecule has 0 radical (unpaired) electrons. The molecule has 0 saturated carbocycles. The first-order valence-corrected chi connectivity index (χ1v) is 5.66. The van der Waals surface area contributed by atoms with Gasteiger partial charge < -0.3 is 10.4 Å². The Morgan fingerprint density at radius 3 is 2.86 bits per heavy atom. The Labute approximate surface area is 94.8 Å². The van der Waals surface area contributed by atoms with Crippen molar-refractivity contribution in [3.8, 4) is 0 Å². The number of hydrogen-bond donors (Lipinski definition) is 2. The number of thiophene rings is 1. The minimum Gasteiger partial charge on any atom is -0.393 e. The normalized spacial score (nSPS) is 32.3. The summed E-state index contributed by atoms with van der Waals surface area (Å²) in [7, 11) is 0. The van der Waals surface area contributed by atoms with Gasteiger partial charge in [0.2, 0.25) is 0 Å². The van der Waals surface area contributed by atoms with Crippen LogP contribution in [0.4, 0.5) is 0 Å². The molecule has 14 heavy (non-hydrogen) atoms. The van der Waals surface area contributed by atoms with E-state index in [9.17, 15) is 5.11 Å². The highest BCUT2D eigenvalue weighted by Crippen LogP contribution is 2.26. The van der Waals surface area contributed by atoms with Gasteiger partial charge in [-0.3, -0.25) is 0 Å². The SMILES string of the molecule is CC1CC(O)CC(c2ccsc2)N1.Cl. The van der Waals surface area contributed by atoms with Crippen LogP contribution in [0, 0.1) is 0 Å². The van der Waals surface area contributed by atoms with Gasteiger partial charge in [0.05, 0.1) is 6.10 Å².